The number of halogens is 3. The van der Waals surface area contributed by atoms with Gasteiger partial charge < -0.3 is 10.1 Å². The van der Waals surface area contributed by atoms with Crippen LogP contribution in [-0.2, 0) is 6.18 Å². The maximum absolute atomic E-state index is 12.8. The van der Waals surface area contributed by atoms with Crippen molar-refractivity contribution in [2.45, 2.75) is 6.18 Å². The zero-order valence-electron chi connectivity index (χ0n) is 17.2. The van der Waals surface area contributed by atoms with Gasteiger partial charge in [0.2, 0.25) is 0 Å². The average molecular weight is 457 g/mol. The molecule has 0 aliphatic rings. The largest absolute Gasteiger partial charge is 0.497 e. The van der Waals surface area contributed by atoms with Crippen molar-refractivity contribution in [1.82, 2.24) is 10.9 Å². The van der Waals surface area contributed by atoms with E-state index < -0.39 is 29.5 Å². The summed E-state index contributed by atoms with van der Waals surface area (Å²) in [5, 5.41) is 2.65. The van der Waals surface area contributed by atoms with Crippen LogP contribution in [0, 0.1) is 0 Å². The number of amides is 3. The molecule has 0 saturated heterocycles. The molecule has 0 aliphatic carbocycles. The molecule has 0 aliphatic heterocycles. The molecule has 0 radical (unpaired) electrons. The van der Waals surface area contributed by atoms with Gasteiger partial charge in [0.05, 0.1) is 12.7 Å². The normalized spacial score (nSPS) is 10.8. The van der Waals surface area contributed by atoms with E-state index in [4.69, 9.17) is 4.74 Å². The Kier molecular flexibility index (Phi) is 6.97. The lowest BCUT2D eigenvalue weighted by atomic mass is 10.1. The maximum Gasteiger partial charge on any atom is 0.416 e. The highest BCUT2D eigenvalue weighted by atomic mass is 19.4. The van der Waals surface area contributed by atoms with Crippen LogP contribution in [0.3, 0.4) is 0 Å². The van der Waals surface area contributed by atoms with E-state index in [9.17, 15) is 27.6 Å². The van der Waals surface area contributed by atoms with Crippen molar-refractivity contribution in [2.24, 2.45) is 0 Å². The van der Waals surface area contributed by atoms with Gasteiger partial charge in [0.25, 0.3) is 17.7 Å². The molecule has 0 saturated carbocycles. The fraction of sp³-hybridized carbons (Fsp3) is 0.0870. The number of carbonyl (C=O) groups is 3. The number of hydrogen-bond acceptors (Lipinski definition) is 4. The van der Waals surface area contributed by atoms with Gasteiger partial charge in [0.1, 0.15) is 5.75 Å². The number of hydrogen-bond donors (Lipinski definition) is 3. The van der Waals surface area contributed by atoms with Gasteiger partial charge in [-0.25, -0.2) is 0 Å². The molecule has 3 aromatic carbocycles. The predicted octanol–water partition coefficient (Wildman–Crippen LogP) is 4.04. The Balaban J connectivity index is 1.64. The summed E-state index contributed by atoms with van der Waals surface area (Å²) < 4.78 is 43.5. The van der Waals surface area contributed by atoms with E-state index in [0.717, 1.165) is 12.1 Å². The van der Waals surface area contributed by atoms with Crippen LogP contribution in [0.25, 0.3) is 0 Å². The molecule has 0 fully saturated rings. The molecule has 0 spiro atoms. The van der Waals surface area contributed by atoms with Gasteiger partial charge in [0, 0.05) is 22.4 Å². The zero-order chi connectivity index (χ0) is 24.0. The highest BCUT2D eigenvalue weighted by Crippen LogP contribution is 2.29. The van der Waals surface area contributed by atoms with Crippen molar-refractivity contribution in [2.75, 3.05) is 12.4 Å². The third kappa shape index (κ3) is 6.10. The van der Waals surface area contributed by atoms with E-state index >= 15 is 0 Å². The van der Waals surface area contributed by atoms with E-state index in [1.165, 1.54) is 31.4 Å². The smallest absolute Gasteiger partial charge is 0.416 e. The maximum atomic E-state index is 12.8. The SMILES string of the molecule is COc1cccc(C(=O)Nc2cccc(C(=O)NNC(=O)c3cccc(C(F)(F)F)c3)c2)c1. The number of alkyl halides is 3. The fourth-order valence-electron chi connectivity index (χ4n) is 2.80. The molecule has 3 N–H and O–H groups in total. The molecule has 10 heteroatoms. The van der Waals surface area contributed by atoms with Gasteiger partial charge in [-0.05, 0) is 54.6 Å². The number of methoxy groups -OCH3 is 1. The molecule has 0 heterocycles. The van der Waals surface area contributed by atoms with Gasteiger partial charge in [-0.3, -0.25) is 25.2 Å². The molecule has 0 unspecified atom stereocenters. The van der Waals surface area contributed by atoms with Crippen molar-refractivity contribution < 1.29 is 32.3 Å². The molecule has 7 nitrogen and oxygen atoms in total. The number of ether oxygens (including phenoxy) is 1. The number of hydrazine groups is 1. The van der Waals surface area contributed by atoms with Crippen LogP contribution in [0.4, 0.5) is 18.9 Å². The molecule has 0 aromatic heterocycles. The van der Waals surface area contributed by atoms with Crippen LogP contribution >= 0.6 is 0 Å². The van der Waals surface area contributed by atoms with Crippen LogP contribution in [-0.4, -0.2) is 24.8 Å². The van der Waals surface area contributed by atoms with Crippen LogP contribution in [0.5, 0.6) is 5.75 Å². The van der Waals surface area contributed by atoms with Crippen LogP contribution in [0.1, 0.15) is 36.6 Å². The summed E-state index contributed by atoms with van der Waals surface area (Å²) >= 11 is 0. The van der Waals surface area contributed by atoms with Gasteiger partial charge >= 0.3 is 6.18 Å². The molecule has 0 bridgehead atoms. The Morgan fingerprint density at radius 1 is 0.727 bits per heavy atom. The van der Waals surface area contributed by atoms with Crippen molar-refractivity contribution in [1.29, 1.82) is 0 Å². The lowest BCUT2D eigenvalue weighted by Gasteiger charge is -2.11. The minimum absolute atomic E-state index is 0.0998. The molecule has 3 rings (SSSR count). The van der Waals surface area contributed by atoms with Crippen molar-refractivity contribution >= 4 is 23.4 Å². The zero-order valence-corrected chi connectivity index (χ0v) is 17.2. The summed E-state index contributed by atoms with van der Waals surface area (Å²) in [5.74, 6) is -1.57. The number of anilines is 1. The highest BCUT2D eigenvalue weighted by Gasteiger charge is 2.30. The molecule has 0 atom stereocenters. The molecule has 170 valence electrons. The summed E-state index contributed by atoms with van der Waals surface area (Å²) in [6, 6.07) is 16.2. The van der Waals surface area contributed by atoms with Crippen LogP contribution in [0.2, 0.25) is 0 Å². The lowest BCUT2D eigenvalue weighted by Crippen LogP contribution is -2.41. The second kappa shape index (κ2) is 9.86. The third-order valence-corrected chi connectivity index (χ3v) is 4.46. The third-order valence-electron chi connectivity index (χ3n) is 4.46. The van der Waals surface area contributed by atoms with Crippen LogP contribution < -0.4 is 20.9 Å². The monoisotopic (exact) mass is 457 g/mol. The van der Waals surface area contributed by atoms with Crippen molar-refractivity contribution in [3.63, 3.8) is 0 Å². The fourth-order valence-corrected chi connectivity index (χ4v) is 2.80. The van der Waals surface area contributed by atoms with Crippen LogP contribution in [0.15, 0.2) is 72.8 Å². The van der Waals surface area contributed by atoms with E-state index in [2.05, 4.69) is 16.2 Å². The molecular formula is C23H18F3N3O4. The summed E-state index contributed by atoms with van der Waals surface area (Å²) in [7, 11) is 1.48. The van der Waals surface area contributed by atoms with E-state index in [0.29, 0.717) is 23.1 Å². The van der Waals surface area contributed by atoms with E-state index in [1.807, 2.05) is 0 Å². The Labute approximate surface area is 186 Å². The van der Waals surface area contributed by atoms with Crippen molar-refractivity contribution in [3.8, 4) is 5.75 Å². The summed E-state index contributed by atoms with van der Waals surface area (Å²) in [6.45, 7) is 0. The molecule has 3 aromatic rings. The average Bonchev–Trinajstić information content (AvgIpc) is 2.82. The first-order valence-corrected chi connectivity index (χ1v) is 9.51. The number of nitrogens with one attached hydrogen (secondary N) is 3. The van der Waals surface area contributed by atoms with Gasteiger partial charge in [-0.15, -0.1) is 0 Å². The number of rotatable bonds is 5. The quantitative estimate of drug-likeness (QED) is 0.504. The number of carbonyl (C=O) groups excluding carboxylic acids is 3. The van der Waals surface area contributed by atoms with E-state index in [1.54, 1.807) is 30.3 Å². The summed E-state index contributed by atoms with van der Waals surface area (Å²) in [5.41, 5.74) is 3.71. The standard InChI is InChI=1S/C23H18F3N3O4/c1-33-19-10-4-7-16(13-19)20(30)27-18-9-3-6-15(12-18)22(32)29-28-21(31)14-5-2-8-17(11-14)23(24,25)26/h2-13H,1H3,(H,27,30)(H,28,31)(H,29,32). The first-order chi connectivity index (χ1) is 15.7. The summed E-state index contributed by atoms with van der Waals surface area (Å²) in [6.07, 6.45) is -4.60. The molecule has 3 amide bonds. The van der Waals surface area contributed by atoms with Gasteiger partial charge in [-0.2, -0.15) is 13.2 Å². The summed E-state index contributed by atoms with van der Waals surface area (Å²) in [4.78, 5) is 36.9. The highest BCUT2D eigenvalue weighted by molar-refractivity contribution is 6.05. The van der Waals surface area contributed by atoms with E-state index in [-0.39, 0.29) is 11.1 Å². The minimum atomic E-state index is -4.60. The Bertz CT molecular complexity index is 1200. The first-order valence-electron chi connectivity index (χ1n) is 9.51. The second-order valence-corrected chi connectivity index (χ2v) is 6.75. The Morgan fingerprint density at radius 2 is 1.27 bits per heavy atom. The Morgan fingerprint density at radius 3 is 1.88 bits per heavy atom. The van der Waals surface area contributed by atoms with Crippen molar-refractivity contribution in [3.05, 3.63) is 95.1 Å². The predicted molar refractivity (Wildman–Crippen MR) is 114 cm³/mol. The Hall–Kier alpha value is -4.34. The molecule has 33 heavy (non-hydrogen) atoms. The lowest BCUT2D eigenvalue weighted by molar-refractivity contribution is -0.137. The van der Waals surface area contributed by atoms with Gasteiger partial charge in [0.15, 0.2) is 0 Å². The minimum Gasteiger partial charge on any atom is -0.497 e. The second-order valence-electron chi connectivity index (χ2n) is 6.75. The topological polar surface area (TPSA) is 96.5 Å². The molecular weight excluding hydrogens is 439 g/mol. The first kappa shape index (κ1) is 23.3. The van der Waals surface area contributed by atoms with Gasteiger partial charge in [-0.1, -0.05) is 18.2 Å². The number of benzene rings is 3.